The van der Waals surface area contributed by atoms with Crippen molar-refractivity contribution in [2.75, 3.05) is 20.3 Å². The van der Waals surface area contributed by atoms with Crippen LogP contribution in [0.3, 0.4) is 0 Å². The van der Waals surface area contributed by atoms with Crippen molar-refractivity contribution in [2.24, 2.45) is 0 Å². The number of carbonyl (C=O) groups is 1. The second kappa shape index (κ2) is 7.01. The third-order valence-corrected chi connectivity index (χ3v) is 2.91. The number of hydrogen-bond acceptors (Lipinski definition) is 3. The monoisotopic (exact) mass is 251 g/mol. The molecule has 0 fully saturated rings. The van der Waals surface area contributed by atoms with Gasteiger partial charge in [-0.25, -0.2) is 0 Å². The number of aryl methyl sites for hydroxylation is 2. The molecule has 0 aromatic heterocycles. The highest BCUT2D eigenvalue weighted by molar-refractivity contribution is 5.75. The van der Waals surface area contributed by atoms with Gasteiger partial charge in [0.1, 0.15) is 5.75 Å². The molecule has 0 bridgehead atoms. The maximum absolute atomic E-state index is 11.2. The van der Waals surface area contributed by atoms with Crippen molar-refractivity contribution in [3.8, 4) is 5.75 Å². The Kier molecular flexibility index (Phi) is 5.65. The van der Waals surface area contributed by atoms with Gasteiger partial charge in [-0.05, 0) is 43.0 Å². The molecule has 4 nitrogen and oxygen atoms in total. The number of aliphatic hydroxyl groups is 1. The second-order valence-electron chi connectivity index (χ2n) is 4.32. The average Bonchev–Trinajstić information content (AvgIpc) is 2.33. The van der Waals surface area contributed by atoms with E-state index in [1.807, 2.05) is 19.9 Å². The van der Waals surface area contributed by atoms with Crippen LogP contribution in [0.4, 0.5) is 0 Å². The van der Waals surface area contributed by atoms with Crippen molar-refractivity contribution in [3.05, 3.63) is 28.8 Å². The molecule has 0 aliphatic carbocycles. The molecular weight excluding hydrogens is 230 g/mol. The van der Waals surface area contributed by atoms with Crippen LogP contribution in [0.5, 0.6) is 5.75 Å². The first kappa shape index (κ1) is 14.5. The van der Waals surface area contributed by atoms with Gasteiger partial charge in [-0.3, -0.25) is 4.79 Å². The predicted octanol–water partition coefficient (Wildman–Crippen LogP) is 1.35. The Morgan fingerprint density at radius 1 is 1.33 bits per heavy atom. The third-order valence-electron chi connectivity index (χ3n) is 2.91. The van der Waals surface area contributed by atoms with Crippen LogP contribution in [0.25, 0.3) is 0 Å². The third kappa shape index (κ3) is 4.04. The minimum Gasteiger partial charge on any atom is -0.496 e. The van der Waals surface area contributed by atoms with Crippen molar-refractivity contribution < 1.29 is 14.6 Å². The molecule has 0 radical (unpaired) electrons. The summed E-state index contributed by atoms with van der Waals surface area (Å²) in [7, 11) is 1.66. The van der Waals surface area contributed by atoms with Gasteiger partial charge in [-0.2, -0.15) is 0 Å². The summed E-state index contributed by atoms with van der Waals surface area (Å²) in [6.07, 6.45) is 0.953. The van der Waals surface area contributed by atoms with E-state index in [0.29, 0.717) is 6.54 Å². The summed E-state index contributed by atoms with van der Waals surface area (Å²) in [6, 6.07) is 4.10. The lowest BCUT2D eigenvalue weighted by atomic mass is 10.0. The SMILES string of the molecule is COc1cc(C)c(CCNC(=O)CCO)cc1C. The first-order valence-electron chi connectivity index (χ1n) is 6.10. The molecule has 1 aromatic carbocycles. The lowest BCUT2D eigenvalue weighted by Gasteiger charge is -2.11. The van der Waals surface area contributed by atoms with Crippen LogP contribution < -0.4 is 10.1 Å². The molecule has 0 saturated heterocycles. The van der Waals surface area contributed by atoms with Gasteiger partial charge in [0.05, 0.1) is 13.7 Å². The molecule has 4 heteroatoms. The first-order chi connectivity index (χ1) is 8.58. The van der Waals surface area contributed by atoms with Crippen LogP contribution in [0.2, 0.25) is 0 Å². The summed E-state index contributed by atoms with van der Waals surface area (Å²) < 4.78 is 5.26. The van der Waals surface area contributed by atoms with Gasteiger partial charge in [-0.1, -0.05) is 6.07 Å². The molecule has 1 rings (SSSR count). The number of rotatable bonds is 6. The topological polar surface area (TPSA) is 58.6 Å². The van der Waals surface area contributed by atoms with E-state index >= 15 is 0 Å². The maximum Gasteiger partial charge on any atom is 0.222 e. The van der Waals surface area contributed by atoms with Crippen LogP contribution in [0, 0.1) is 13.8 Å². The highest BCUT2D eigenvalue weighted by atomic mass is 16.5. The zero-order valence-corrected chi connectivity index (χ0v) is 11.2. The largest absolute Gasteiger partial charge is 0.496 e. The fourth-order valence-corrected chi connectivity index (χ4v) is 1.87. The minimum atomic E-state index is -0.111. The zero-order chi connectivity index (χ0) is 13.5. The Labute approximate surface area is 108 Å². The molecule has 0 saturated carbocycles. The molecular formula is C14H21NO3. The van der Waals surface area contributed by atoms with Crippen LogP contribution in [0.15, 0.2) is 12.1 Å². The van der Waals surface area contributed by atoms with Crippen molar-refractivity contribution in [2.45, 2.75) is 26.7 Å². The summed E-state index contributed by atoms with van der Waals surface area (Å²) in [6.45, 7) is 4.52. The van der Waals surface area contributed by atoms with Crippen molar-refractivity contribution >= 4 is 5.91 Å². The van der Waals surface area contributed by atoms with Crippen molar-refractivity contribution in [1.29, 1.82) is 0 Å². The Bertz CT molecular complexity index is 416. The summed E-state index contributed by atoms with van der Waals surface area (Å²) >= 11 is 0. The van der Waals surface area contributed by atoms with Gasteiger partial charge in [0.2, 0.25) is 5.91 Å². The molecule has 0 unspecified atom stereocenters. The molecule has 18 heavy (non-hydrogen) atoms. The van der Waals surface area contributed by atoms with E-state index in [-0.39, 0.29) is 18.9 Å². The molecule has 0 aliphatic rings. The smallest absolute Gasteiger partial charge is 0.222 e. The number of amides is 1. The number of carbonyl (C=O) groups excluding carboxylic acids is 1. The van der Waals surface area contributed by atoms with Crippen molar-refractivity contribution in [1.82, 2.24) is 5.32 Å². The molecule has 100 valence electrons. The van der Waals surface area contributed by atoms with E-state index in [2.05, 4.69) is 11.4 Å². The quantitative estimate of drug-likeness (QED) is 0.802. The average molecular weight is 251 g/mol. The van der Waals surface area contributed by atoms with Crippen LogP contribution in [-0.2, 0) is 11.2 Å². The summed E-state index contributed by atoms with van der Waals surface area (Å²) in [5, 5.41) is 11.4. The Balaban J connectivity index is 2.57. The lowest BCUT2D eigenvalue weighted by molar-refractivity contribution is -0.121. The minimum absolute atomic E-state index is 0.105. The van der Waals surface area contributed by atoms with Gasteiger partial charge in [0.15, 0.2) is 0 Å². The number of ether oxygens (including phenoxy) is 1. The normalized spacial score (nSPS) is 10.2. The molecule has 0 heterocycles. The lowest BCUT2D eigenvalue weighted by Crippen LogP contribution is -2.26. The molecule has 1 amide bonds. The highest BCUT2D eigenvalue weighted by Crippen LogP contribution is 2.22. The van der Waals surface area contributed by atoms with Gasteiger partial charge >= 0.3 is 0 Å². The number of hydrogen-bond donors (Lipinski definition) is 2. The van der Waals surface area contributed by atoms with Crippen molar-refractivity contribution in [3.63, 3.8) is 0 Å². The standard InChI is InChI=1S/C14H21NO3/c1-10-9-13(18-3)11(2)8-12(10)4-6-15-14(17)5-7-16/h8-9,16H,4-7H2,1-3H3,(H,15,17). The molecule has 0 aliphatic heterocycles. The number of benzene rings is 1. The zero-order valence-electron chi connectivity index (χ0n) is 11.2. The summed E-state index contributed by atoms with van der Waals surface area (Å²) in [5.41, 5.74) is 3.46. The number of aliphatic hydroxyl groups excluding tert-OH is 1. The molecule has 0 spiro atoms. The van der Waals surface area contributed by atoms with Gasteiger partial charge in [-0.15, -0.1) is 0 Å². The molecule has 1 aromatic rings. The first-order valence-corrected chi connectivity index (χ1v) is 6.10. The van der Waals surface area contributed by atoms with Crippen LogP contribution >= 0.6 is 0 Å². The Morgan fingerprint density at radius 2 is 2.06 bits per heavy atom. The fraction of sp³-hybridized carbons (Fsp3) is 0.500. The van der Waals surface area contributed by atoms with E-state index in [4.69, 9.17) is 9.84 Å². The van der Waals surface area contributed by atoms with E-state index in [1.165, 1.54) is 5.56 Å². The van der Waals surface area contributed by atoms with Gasteiger partial charge in [0, 0.05) is 13.0 Å². The van der Waals surface area contributed by atoms with E-state index in [9.17, 15) is 4.79 Å². The van der Waals surface area contributed by atoms with Gasteiger partial charge < -0.3 is 15.2 Å². The Morgan fingerprint density at radius 3 is 2.67 bits per heavy atom. The van der Waals surface area contributed by atoms with Gasteiger partial charge in [0.25, 0.3) is 0 Å². The summed E-state index contributed by atoms with van der Waals surface area (Å²) in [5.74, 6) is 0.779. The van der Waals surface area contributed by atoms with E-state index < -0.39 is 0 Å². The number of methoxy groups -OCH3 is 1. The summed E-state index contributed by atoms with van der Waals surface area (Å²) in [4.78, 5) is 11.2. The highest BCUT2D eigenvalue weighted by Gasteiger charge is 2.05. The second-order valence-corrected chi connectivity index (χ2v) is 4.32. The fourth-order valence-electron chi connectivity index (χ4n) is 1.87. The molecule has 0 atom stereocenters. The predicted molar refractivity (Wildman–Crippen MR) is 70.9 cm³/mol. The van der Waals surface area contributed by atoms with Crippen LogP contribution in [-0.4, -0.2) is 31.3 Å². The maximum atomic E-state index is 11.2. The van der Waals surface area contributed by atoms with E-state index in [1.54, 1.807) is 7.11 Å². The van der Waals surface area contributed by atoms with Crippen LogP contribution in [0.1, 0.15) is 23.1 Å². The van der Waals surface area contributed by atoms with E-state index in [0.717, 1.165) is 23.3 Å². The number of nitrogens with one attached hydrogen (secondary N) is 1. The molecule has 2 N–H and O–H groups in total. The Hall–Kier alpha value is -1.55.